The van der Waals surface area contributed by atoms with Crippen LogP contribution in [-0.2, 0) is 9.63 Å². The molecule has 1 atom stereocenters. The molecule has 25 heavy (non-hydrogen) atoms. The van der Waals surface area contributed by atoms with Gasteiger partial charge in [-0.25, -0.2) is 0 Å². The van der Waals surface area contributed by atoms with E-state index in [2.05, 4.69) is 24.2 Å². The molecular weight excluding hydrogens is 316 g/mol. The van der Waals surface area contributed by atoms with Crippen molar-refractivity contribution in [2.75, 3.05) is 13.7 Å². The van der Waals surface area contributed by atoms with Crippen LogP contribution in [0.15, 0.2) is 53.7 Å². The number of amides is 1. The zero-order chi connectivity index (χ0) is 17.8. The van der Waals surface area contributed by atoms with Crippen LogP contribution in [0.25, 0.3) is 11.1 Å². The van der Waals surface area contributed by atoms with E-state index in [0.717, 1.165) is 17.4 Å². The lowest BCUT2D eigenvalue weighted by Crippen LogP contribution is -2.36. The molecule has 2 aromatic carbocycles. The van der Waals surface area contributed by atoms with Gasteiger partial charge in [0.05, 0.1) is 18.3 Å². The molecule has 0 spiro atoms. The van der Waals surface area contributed by atoms with E-state index in [1.807, 2.05) is 24.3 Å². The van der Waals surface area contributed by atoms with Crippen LogP contribution < -0.4 is 0 Å². The minimum absolute atomic E-state index is 0.172. The summed E-state index contributed by atoms with van der Waals surface area (Å²) in [6, 6.07) is 15.1. The van der Waals surface area contributed by atoms with E-state index in [4.69, 9.17) is 4.84 Å². The first-order valence-corrected chi connectivity index (χ1v) is 8.15. The van der Waals surface area contributed by atoms with Crippen molar-refractivity contribution in [3.8, 4) is 11.1 Å². The van der Waals surface area contributed by atoms with Crippen molar-refractivity contribution in [3.05, 3.63) is 59.7 Å². The van der Waals surface area contributed by atoms with Crippen LogP contribution in [0.1, 0.15) is 22.3 Å². The highest BCUT2D eigenvalue weighted by molar-refractivity contribution is 6.03. The van der Waals surface area contributed by atoms with Gasteiger partial charge in [-0.05, 0) is 35.7 Å². The zero-order valence-corrected chi connectivity index (χ0v) is 14.3. The largest absolute Gasteiger partial charge is 0.399 e. The van der Waals surface area contributed by atoms with E-state index >= 15 is 0 Å². The zero-order valence-electron chi connectivity index (χ0n) is 14.3. The molecule has 5 nitrogen and oxygen atoms in total. The monoisotopic (exact) mass is 336 g/mol. The van der Waals surface area contributed by atoms with E-state index in [-0.39, 0.29) is 5.91 Å². The SMILES string of the molecule is CO/N=C1\CC(C=O)N(C(=O)c2ccc(-c3ccccc3C)cc2)C1. The van der Waals surface area contributed by atoms with Crippen LogP contribution in [0.3, 0.4) is 0 Å². The molecule has 1 heterocycles. The predicted octanol–water partition coefficient (Wildman–Crippen LogP) is 3.08. The van der Waals surface area contributed by atoms with E-state index in [1.165, 1.54) is 17.6 Å². The second kappa shape index (κ2) is 7.30. The number of aldehydes is 1. The minimum atomic E-state index is -0.488. The average Bonchev–Trinajstić information content (AvgIpc) is 3.05. The van der Waals surface area contributed by atoms with E-state index < -0.39 is 6.04 Å². The number of rotatable bonds is 4. The molecule has 1 saturated heterocycles. The van der Waals surface area contributed by atoms with E-state index in [0.29, 0.717) is 24.2 Å². The molecule has 0 bridgehead atoms. The molecule has 1 unspecified atom stereocenters. The third-order valence-electron chi connectivity index (χ3n) is 4.42. The summed E-state index contributed by atoms with van der Waals surface area (Å²) in [6.07, 6.45) is 1.21. The first kappa shape index (κ1) is 16.9. The molecule has 1 fully saturated rings. The third kappa shape index (κ3) is 3.45. The Morgan fingerprint density at radius 1 is 1.20 bits per heavy atom. The van der Waals surface area contributed by atoms with Crippen molar-refractivity contribution >= 4 is 17.9 Å². The lowest BCUT2D eigenvalue weighted by molar-refractivity contribution is -0.111. The first-order valence-electron chi connectivity index (χ1n) is 8.15. The van der Waals surface area contributed by atoms with Crippen LogP contribution in [0.4, 0.5) is 0 Å². The number of carbonyl (C=O) groups is 2. The lowest BCUT2D eigenvalue weighted by atomic mass is 9.99. The van der Waals surface area contributed by atoms with Crippen molar-refractivity contribution in [3.63, 3.8) is 0 Å². The Labute approximate surface area is 146 Å². The number of hydrogen-bond acceptors (Lipinski definition) is 4. The highest BCUT2D eigenvalue weighted by Crippen LogP contribution is 2.24. The van der Waals surface area contributed by atoms with Gasteiger partial charge in [-0.2, -0.15) is 0 Å². The normalized spacial score (nSPS) is 18.4. The quantitative estimate of drug-likeness (QED) is 0.637. The summed E-state index contributed by atoms with van der Waals surface area (Å²) in [5, 5.41) is 3.88. The maximum Gasteiger partial charge on any atom is 0.254 e. The Morgan fingerprint density at radius 2 is 1.92 bits per heavy atom. The molecule has 0 N–H and O–H groups in total. The summed E-state index contributed by atoms with van der Waals surface area (Å²) in [4.78, 5) is 30.3. The van der Waals surface area contributed by atoms with Crippen LogP contribution in [0, 0.1) is 6.92 Å². The lowest BCUT2D eigenvalue weighted by Gasteiger charge is -2.19. The van der Waals surface area contributed by atoms with Gasteiger partial charge in [0.1, 0.15) is 13.4 Å². The molecule has 1 aliphatic heterocycles. The maximum atomic E-state index is 12.8. The molecule has 0 radical (unpaired) electrons. The summed E-state index contributed by atoms with van der Waals surface area (Å²) in [5.74, 6) is -0.172. The summed E-state index contributed by atoms with van der Waals surface area (Å²) in [7, 11) is 1.46. The fourth-order valence-electron chi connectivity index (χ4n) is 3.12. The minimum Gasteiger partial charge on any atom is -0.399 e. The summed E-state index contributed by atoms with van der Waals surface area (Å²) in [5.41, 5.74) is 4.64. The second-order valence-electron chi connectivity index (χ2n) is 6.07. The molecule has 0 aromatic heterocycles. The van der Waals surface area contributed by atoms with Gasteiger partial charge in [0.15, 0.2) is 0 Å². The molecule has 0 saturated carbocycles. The van der Waals surface area contributed by atoms with Gasteiger partial charge in [0.2, 0.25) is 0 Å². The standard InChI is InChI=1S/C20H20N2O3/c1-14-5-3-4-6-19(14)15-7-9-16(10-8-15)20(24)22-12-17(21-25-2)11-18(22)13-23/h3-10,13,18H,11-12H2,1-2H3/b21-17+. The summed E-state index contributed by atoms with van der Waals surface area (Å²) < 4.78 is 0. The Morgan fingerprint density at radius 3 is 2.56 bits per heavy atom. The number of carbonyl (C=O) groups excluding carboxylic acids is 2. The Kier molecular flexibility index (Phi) is 4.93. The van der Waals surface area contributed by atoms with Gasteiger partial charge in [0.25, 0.3) is 5.91 Å². The van der Waals surface area contributed by atoms with Gasteiger partial charge in [-0.1, -0.05) is 41.6 Å². The Hall–Kier alpha value is -2.95. The Bertz CT molecular complexity index is 812. The highest BCUT2D eigenvalue weighted by Gasteiger charge is 2.33. The molecule has 128 valence electrons. The van der Waals surface area contributed by atoms with E-state index in [1.54, 1.807) is 12.1 Å². The number of hydrogen-bond donors (Lipinski definition) is 0. The molecule has 5 heteroatoms. The van der Waals surface area contributed by atoms with Crippen molar-refractivity contribution in [2.24, 2.45) is 5.16 Å². The van der Waals surface area contributed by atoms with Gasteiger partial charge < -0.3 is 14.5 Å². The fraction of sp³-hybridized carbons (Fsp3) is 0.250. The second-order valence-corrected chi connectivity index (χ2v) is 6.07. The number of benzene rings is 2. The van der Waals surface area contributed by atoms with Crippen molar-refractivity contribution < 1.29 is 14.4 Å². The molecular formula is C20H20N2O3. The van der Waals surface area contributed by atoms with Gasteiger partial charge in [0, 0.05) is 12.0 Å². The van der Waals surface area contributed by atoms with Crippen LogP contribution >= 0.6 is 0 Å². The topological polar surface area (TPSA) is 59.0 Å². The van der Waals surface area contributed by atoms with Crippen LogP contribution in [0.5, 0.6) is 0 Å². The first-order chi connectivity index (χ1) is 12.1. The molecule has 2 aromatic rings. The van der Waals surface area contributed by atoms with Gasteiger partial charge in [-0.3, -0.25) is 4.79 Å². The smallest absolute Gasteiger partial charge is 0.254 e. The van der Waals surface area contributed by atoms with Gasteiger partial charge >= 0.3 is 0 Å². The molecule has 1 aliphatic rings. The Balaban J connectivity index is 1.82. The molecule has 3 rings (SSSR count). The summed E-state index contributed by atoms with van der Waals surface area (Å²) >= 11 is 0. The van der Waals surface area contributed by atoms with Gasteiger partial charge in [-0.15, -0.1) is 0 Å². The highest BCUT2D eigenvalue weighted by atomic mass is 16.6. The third-order valence-corrected chi connectivity index (χ3v) is 4.42. The summed E-state index contributed by atoms with van der Waals surface area (Å²) in [6.45, 7) is 2.37. The fourth-order valence-corrected chi connectivity index (χ4v) is 3.12. The van der Waals surface area contributed by atoms with E-state index in [9.17, 15) is 9.59 Å². The van der Waals surface area contributed by atoms with Crippen molar-refractivity contribution in [1.29, 1.82) is 0 Å². The predicted molar refractivity (Wildman–Crippen MR) is 96.6 cm³/mol. The number of oxime groups is 1. The van der Waals surface area contributed by atoms with Crippen LogP contribution in [0.2, 0.25) is 0 Å². The average molecular weight is 336 g/mol. The molecule has 0 aliphatic carbocycles. The van der Waals surface area contributed by atoms with Crippen LogP contribution in [-0.4, -0.2) is 42.5 Å². The number of aryl methyl sites for hydroxylation is 1. The van der Waals surface area contributed by atoms with Crippen molar-refractivity contribution in [1.82, 2.24) is 4.90 Å². The maximum absolute atomic E-state index is 12.8. The molecule has 1 amide bonds. The van der Waals surface area contributed by atoms with Crippen molar-refractivity contribution in [2.45, 2.75) is 19.4 Å². The number of nitrogens with zero attached hydrogens (tertiary/aromatic N) is 2. The number of likely N-dealkylation sites (tertiary alicyclic amines) is 1.